The van der Waals surface area contributed by atoms with Gasteiger partial charge in [0.05, 0.1) is 13.2 Å². The van der Waals surface area contributed by atoms with Gasteiger partial charge in [-0.25, -0.2) is 0 Å². The number of halogens is 4. The molecule has 1 aliphatic heterocycles. The van der Waals surface area contributed by atoms with E-state index in [1.807, 2.05) is 0 Å². The van der Waals surface area contributed by atoms with Gasteiger partial charge in [0.2, 0.25) is 5.91 Å². The minimum atomic E-state index is -4.40. The number of ether oxygens (including phenoxy) is 2. The van der Waals surface area contributed by atoms with Crippen LogP contribution >= 0.6 is 12.4 Å². The van der Waals surface area contributed by atoms with Crippen LogP contribution in [0.1, 0.15) is 5.56 Å². The van der Waals surface area contributed by atoms with Crippen LogP contribution in [0.4, 0.5) is 13.2 Å². The van der Waals surface area contributed by atoms with Crippen molar-refractivity contribution in [2.75, 3.05) is 26.4 Å². The number of rotatable bonds is 5. The van der Waals surface area contributed by atoms with Crippen molar-refractivity contribution in [1.82, 2.24) is 10.6 Å². The molecule has 23 heavy (non-hydrogen) atoms. The molecule has 0 bridgehead atoms. The van der Waals surface area contributed by atoms with Crippen molar-refractivity contribution in [1.29, 1.82) is 0 Å². The number of benzene rings is 1. The van der Waals surface area contributed by atoms with Crippen LogP contribution in [-0.2, 0) is 16.1 Å². The second-order valence-electron chi connectivity index (χ2n) is 4.81. The molecule has 1 aromatic carbocycles. The first-order valence-corrected chi connectivity index (χ1v) is 6.82. The number of para-hydroxylation sites is 1. The second-order valence-corrected chi connectivity index (χ2v) is 4.81. The van der Waals surface area contributed by atoms with Crippen LogP contribution in [0.25, 0.3) is 0 Å². The molecular weight excluding hydrogens is 337 g/mol. The Kier molecular flexibility index (Phi) is 7.60. The molecule has 0 radical (unpaired) electrons. The summed E-state index contributed by atoms with van der Waals surface area (Å²) in [7, 11) is 0. The van der Waals surface area contributed by atoms with Gasteiger partial charge in [0.1, 0.15) is 11.8 Å². The molecule has 1 fully saturated rings. The number of hydrogen-bond acceptors (Lipinski definition) is 4. The molecule has 1 heterocycles. The molecule has 0 aliphatic carbocycles. The number of alkyl halides is 3. The summed E-state index contributed by atoms with van der Waals surface area (Å²) in [6.07, 6.45) is -4.40. The number of carbonyl (C=O) groups excluding carboxylic acids is 1. The first-order valence-electron chi connectivity index (χ1n) is 6.82. The zero-order valence-electron chi connectivity index (χ0n) is 12.2. The third-order valence-corrected chi connectivity index (χ3v) is 3.06. The summed E-state index contributed by atoms with van der Waals surface area (Å²) in [5.74, 6) is -0.154. The normalized spacial score (nSPS) is 18.0. The summed E-state index contributed by atoms with van der Waals surface area (Å²) >= 11 is 0. The SMILES string of the molecule is Cl.O=C(NCc1ccccc1OCC(F)(F)F)C1COCCN1. The van der Waals surface area contributed by atoms with Gasteiger partial charge < -0.3 is 20.1 Å². The molecule has 1 amide bonds. The largest absolute Gasteiger partial charge is 0.484 e. The van der Waals surface area contributed by atoms with Gasteiger partial charge in [0.15, 0.2) is 6.61 Å². The van der Waals surface area contributed by atoms with E-state index < -0.39 is 18.8 Å². The molecule has 9 heteroatoms. The fourth-order valence-electron chi connectivity index (χ4n) is 1.99. The predicted molar refractivity (Wildman–Crippen MR) is 79.7 cm³/mol. The number of amides is 1. The first-order chi connectivity index (χ1) is 10.5. The number of hydrogen-bond donors (Lipinski definition) is 2. The van der Waals surface area contributed by atoms with Gasteiger partial charge in [-0.2, -0.15) is 13.2 Å². The summed E-state index contributed by atoms with van der Waals surface area (Å²) in [5, 5.41) is 5.66. The van der Waals surface area contributed by atoms with Gasteiger partial charge >= 0.3 is 6.18 Å². The van der Waals surface area contributed by atoms with Crippen LogP contribution < -0.4 is 15.4 Å². The first kappa shape index (κ1) is 19.5. The third kappa shape index (κ3) is 6.64. The zero-order chi connectivity index (χ0) is 16.0. The maximum absolute atomic E-state index is 12.2. The lowest BCUT2D eigenvalue weighted by Gasteiger charge is -2.23. The number of carbonyl (C=O) groups is 1. The van der Waals surface area contributed by atoms with Crippen molar-refractivity contribution in [2.24, 2.45) is 0 Å². The van der Waals surface area contributed by atoms with Crippen LogP contribution in [0, 0.1) is 0 Å². The fraction of sp³-hybridized carbons (Fsp3) is 0.500. The highest BCUT2D eigenvalue weighted by atomic mass is 35.5. The Labute approximate surface area is 137 Å². The van der Waals surface area contributed by atoms with Crippen LogP contribution in [0.2, 0.25) is 0 Å². The predicted octanol–water partition coefficient (Wildman–Crippen LogP) is 1.65. The minimum absolute atomic E-state index is 0. The topological polar surface area (TPSA) is 59.6 Å². The van der Waals surface area contributed by atoms with Crippen molar-refractivity contribution >= 4 is 18.3 Å². The fourth-order valence-corrected chi connectivity index (χ4v) is 1.99. The highest BCUT2D eigenvalue weighted by Gasteiger charge is 2.29. The lowest BCUT2D eigenvalue weighted by Crippen LogP contribution is -2.51. The summed E-state index contributed by atoms with van der Waals surface area (Å²) in [6, 6.07) is 5.85. The lowest BCUT2D eigenvalue weighted by molar-refractivity contribution is -0.153. The monoisotopic (exact) mass is 354 g/mol. The average molecular weight is 355 g/mol. The number of nitrogens with one attached hydrogen (secondary N) is 2. The Balaban J connectivity index is 0.00000264. The van der Waals surface area contributed by atoms with Crippen LogP contribution in [0.5, 0.6) is 5.75 Å². The molecule has 2 N–H and O–H groups in total. The molecule has 1 aliphatic rings. The third-order valence-electron chi connectivity index (χ3n) is 3.06. The molecule has 0 saturated carbocycles. The van der Waals surface area contributed by atoms with Gasteiger partial charge in [-0.3, -0.25) is 4.79 Å². The van der Waals surface area contributed by atoms with Gasteiger partial charge in [0.25, 0.3) is 0 Å². The zero-order valence-corrected chi connectivity index (χ0v) is 13.0. The molecule has 1 atom stereocenters. The second kappa shape index (κ2) is 8.95. The quantitative estimate of drug-likeness (QED) is 0.844. The average Bonchev–Trinajstić information content (AvgIpc) is 2.51. The van der Waals surface area contributed by atoms with E-state index >= 15 is 0 Å². The van der Waals surface area contributed by atoms with Gasteiger partial charge in [-0.15, -0.1) is 12.4 Å². The maximum atomic E-state index is 12.2. The van der Waals surface area contributed by atoms with Crippen molar-refractivity contribution in [3.05, 3.63) is 29.8 Å². The Bertz CT molecular complexity index is 508. The molecule has 1 saturated heterocycles. The molecule has 0 aromatic heterocycles. The Morgan fingerprint density at radius 2 is 2.13 bits per heavy atom. The Hall–Kier alpha value is -1.51. The maximum Gasteiger partial charge on any atom is 0.422 e. The molecule has 2 rings (SSSR count). The molecule has 5 nitrogen and oxygen atoms in total. The standard InChI is InChI=1S/C14H17F3N2O3.ClH/c15-14(16,17)9-22-12-4-2-1-3-10(12)7-19-13(20)11-8-21-6-5-18-11;/h1-4,11,18H,5-9H2,(H,19,20);1H. The van der Waals surface area contributed by atoms with Crippen LogP contribution in [-0.4, -0.2) is 44.5 Å². The molecular formula is C14H18ClF3N2O3. The van der Waals surface area contributed by atoms with E-state index in [0.29, 0.717) is 18.7 Å². The van der Waals surface area contributed by atoms with Crippen molar-refractivity contribution in [3.63, 3.8) is 0 Å². The summed E-state index contributed by atoms with van der Waals surface area (Å²) in [5.41, 5.74) is 0.483. The lowest BCUT2D eigenvalue weighted by atomic mass is 10.2. The highest BCUT2D eigenvalue weighted by molar-refractivity contribution is 5.85. The van der Waals surface area contributed by atoms with E-state index in [-0.39, 0.29) is 37.2 Å². The van der Waals surface area contributed by atoms with Gasteiger partial charge in [-0.1, -0.05) is 18.2 Å². The van der Waals surface area contributed by atoms with Gasteiger partial charge in [0, 0.05) is 18.7 Å². The van der Waals surface area contributed by atoms with E-state index in [1.165, 1.54) is 6.07 Å². The minimum Gasteiger partial charge on any atom is -0.484 e. The van der Waals surface area contributed by atoms with Crippen molar-refractivity contribution < 1.29 is 27.4 Å². The van der Waals surface area contributed by atoms with E-state index in [1.54, 1.807) is 18.2 Å². The van der Waals surface area contributed by atoms with E-state index in [2.05, 4.69) is 10.6 Å². The molecule has 130 valence electrons. The summed E-state index contributed by atoms with van der Waals surface area (Å²) < 4.78 is 46.6. The van der Waals surface area contributed by atoms with Crippen molar-refractivity contribution in [2.45, 2.75) is 18.8 Å². The van der Waals surface area contributed by atoms with Gasteiger partial charge in [-0.05, 0) is 6.07 Å². The van der Waals surface area contributed by atoms with Crippen molar-refractivity contribution in [3.8, 4) is 5.75 Å². The van der Waals surface area contributed by atoms with E-state index in [9.17, 15) is 18.0 Å². The highest BCUT2D eigenvalue weighted by Crippen LogP contribution is 2.22. The van der Waals surface area contributed by atoms with E-state index in [0.717, 1.165) is 0 Å². The molecule has 1 unspecified atom stereocenters. The smallest absolute Gasteiger partial charge is 0.422 e. The molecule has 1 aromatic rings. The van der Waals surface area contributed by atoms with Crippen LogP contribution in [0.15, 0.2) is 24.3 Å². The summed E-state index contributed by atoms with van der Waals surface area (Å²) in [4.78, 5) is 11.9. The summed E-state index contributed by atoms with van der Waals surface area (Å²) in [6.45, 7) is 0.139. The Morgan fingerprint density at radius 3 is 2.78 bits per heavy atom. The Morgan fingerprint density at radius 1 is 1.39 bits per heavy atom. The van der Waals surface area contributed by atoms with Crippen LogP contribution in [0.3, 0.4) is 0 Å². The number of morpholine rings is 1. The van der Waals surface area contributed by atoms with E-state index in [4.69, 9.17) is 9.47 Å². The molecule has 0 spiro atoms.